The number of anilines is 1. The summed E-state index contributed by atoms with van der Waals surface area (Å²) < 4.78 is 12.9. The zero-order chi connectivity index (χ0) is 13.0. The van der Waals surface area contributed by atoms with Crippen molar-refractivity contribution in [2.24, 2.45) is 0 Å². The highest BCUT2D eigenvalue weighted by Gasteiger charge is 2.01. The lowest BCUT2D eigenvalue weighted by Crippen LogP contribution is -2.03. The van der Waals surface area contributed by atoms with E-state index in [2.05, 4.69) is 28.3 Å². The first-order valence-electron chi connectivity index (χ1n) is 5.99. The van der Waals surface area contributed by atoms with Crippen LogP contribution in [0.25, 0.3) is 0 Å². The van der Waals surface area contributed by atoms with Crippen molar-refractivity contribution in [1.82, 2.24) is 9.97 Å². The summed E-state index contributed by atoms with van der Waals surface area (Å²) in [4.78, 5) is 8.26. The maximum atomic E-state index is 12.9. The molecule has 0 aliphatic heterocycles. The first-order chi connectivity index (χ1) is 8.69. The minimum absolute atomic E-state index is 0.320. The summed E-state index contributed by atoms with van der Waals surface area (Å²) >= 11 is 0. The van der Waals surface area contributed by atoms with Crippen LogP contribution in [0.2, 0.25) is 0 Å². The minimum Gasteiger partial charge on any atom is -0.366 e. The van der Waals surface area contributed by atoms with Gasteiger partial charge in [-0.1, -0.05) is 13.0 Å². The molecule has 0 bridgehead atoms. The van der Waals surface area contributed by atoms with E-state index in [9.17, 15) is 4.39 Å². The molecule has 0 aromatic carbocycles. The number of aromatic nitrogens is 2. The second kappa shape index (κ2) is 5.58. The Balaban J connectivity index is 2.04. The largest absolute Gasteiger partial charge is 0.366 e. The van der Waals surface area contributed by atoms with Crippen molar-refractivity contribution in [1.29, 1.82) is 0 Å². The number of rotatable bonds is 4. The van der Waals surface area contributed by atoms with Crippen LogP contribution in [0.3, 0.4) is 0 Å². The van der Waals surface area contributed by atoms with Crippen LogP contribution in [-0.4, -0.2) is 9.97 Å². The molecule has 3 nitrogen and oxygen atoms in total. The van der Waals surface area contributed by atoms with Gasteiger partial charge in [0.1, 0.15) is 11.6 Å². The summed E-state index contributed by atoms with van der Waals surface area (Å²) in [5.41, 5.74) is 3.07. The smallest absolute Gasteiger partial charge is 0.141 e. The topological polar surface area (TPSA) is 37.8 Å². The van der Waals surface area contributed by atoms with E-state index in [0.717, 1.165) is 23.5 Å². The van der Waals surface area contributed by atoms with Crippen LogP contribution in [0.15, 0.2) is 30.6 Å². The highest BCUT2D eigenvalue weighted by atomic mass is 19.1. The van der Waals surface area contributed by atoms with Gasteiger partial charge in [-0.05, 0) is 36.6 Å². The van der Waals surface area contributed by atoms with Crippen molar-refractivity contribution in [2.45, 2.75) is 26.8 Å². The van der Waals surface area contributed by atoms with Crippen molar-refractivity contribution >= 4 is 5.82 Å². The number of pyridine rings is 2. The summed E-state index contributed by atoms with van der Waals surface area (Å²) in [5, 5.41) is 3.16. The zero-order valence-corrected chi connectivity index (χ0v) is 10.6. The molecule has 0 saturated heterocycles. The Labute approximate surface area is 106 Å². The van der Waals surface area contributed by atoms with Gasteiger partial charge in [0.2, 0.25) is 0 Å². The number of nitrogens with zero attached hydrogens (tertiary/aromatic N) is 2. The van der Waals surface area contributed by atoms with E-state index in [4.69, 9.17) is 0 Å². The fourth-order valence-corrected chi connectivity index (χ4v) is 1.81. The van der Waals surface area contributed by atoms with Crippen molar-refractivity contribution in [2.75, 3.05) is 5.32 Å². The Bertz CT molecular complexity index is 540. The molecule has 0 fully saturated rings. The molecule has 4 heteroatoms. The van der Waals surface area contributed by atoms with E-state index in [1.54, 1.807) is 6.20 Å². The molecule has 2 rings (SSSR count). The zero-order valence-electron chi connectivity index (χ0n) is 10.6. The van der Waals surface area contributed by atoms with E-state index in [-0.39, 0.29) is 5.82 Å². The predicted molar refractivity (Wildman–Crippen MR) is 69.9 cm³/mol. The van der Waals surface area contributed by atoms with Crippen LogP contribution in [0.4, 0.5) is 10.2 Å². The average Bonchev–Trinajstić information content (AvgIpc) is 2.37. The van der Waals surface area contributed by atoms with Crippen molar-refractivity contribution < 1.29 is 4.39 Å². The third-order valence-corrected chi connectivity index (χ3v) is 2.81. The molecule has 0 spiro atoms. The van der Waals surface area contributed by atoms with Crippen LogP contribution in [0.1, 0.15) is 23.7 Å². The molecule has 2 aromatic heterocycles. The number of aryl methyl sites for hydroxylation is 2. The van der Waals surface area contributed by atoms with Gasteiger partial charge in [0.05, 0.1) is 6.20 Å². The second-order valence-corrected chi connectivity index (χ2v) is 4.16. The lowest BCUT2D eigenvalue weighted by atomic mass is 10.1. The van der Waals surface area contributed by atoms with Crippen molar-refractivity contribution in [3.05, 3.63) is 53.2 Å². The van der Waals surface area contributed by atoms with Crippen LogP contribution in [0, 0.1) is 12.7 Å². The molecule has 0 atom stereocenters. The van der Waals surface area contributed by atoms with E-state index in [1.807, 2.05) is 13.0 Å². The monoisotopic (exact) mass is 245 g/mol. The molecule has 0 amide bonds. The van der Waals surface area contributed by atoms with E-state index in [1.165, 1.54) is 17.8 Å². The highest BCUT2D eigenvalue weighted by molar-refractivity contribution is 5.39. The Morgan fingerprint density at radius 1 is 1.28 bits per heavy atom. The van der Waals surface area contributed by atoms with Gasteiger partial charge in [-0.15, -0.1) is 0 Å². The standard InChI is InChI=1S/C14H16FN3/c1-3-12-4-5-14(18-10(12)2)17-8-11-6-13(15)9-16-7-11/h4-7,9H,3,8H2,1-2H3,(H,17,18). The summed E-state index contributed by atoms with van der Waals surface area (Å²) in [6.07, 6.45) is 3.82. The van der Waals surface area contributed by atoms with Gasteiger partial charge in [-0.25, -0.2) is 9.37 Å². The molecule has 18 heavy (non-hydrogen) atoms. The van der Waals surface area contributed by atoms with Gasteiger partial charge in [0, 0.05) is 18.4 Å². The quantitative estimate of drug-likeness (QED) is 0.899. The fourth-order valence-electron chi connectivity index (χ4n) is 1.81. The van der Waals surface area contributed by atoms with Gasteiger partial charge in [-0.2, -0.15) is 0 Å². The first-order valence-corrected chi connectivity index (χ1v) is 5.99. The predicted octanol–water partition coefficient (Wildman–Crippen LogP) is 3.10. The normalized spacial score (nSPS) is 10.4. The summed E-state index contributed by atoms with van der Waals surface area (Å²) in [6, 6.07) is 5.47. The minimum atomic E-state index is -0.320. The Morgan fingerprint density at radius 2 is 2.11 bits per heavy atom. The van der Waals surface area contributed by atoms with E-state index in [0.29, 0.717) is 6.54 Å². The third kappa shape index (κ3) is 3.03. The maximum absolute atomic E-state index is 12.9. The lowest BCUT2D eigenvalue weighted by molar-refractivity contribution is 0.619. The van der Waals surface area contributed by atoms with Crippen LogP contribution in [-0.2, 0) is 13.0 Å². The van der Waals surface area contributed by atoms with E-state index < -0.39 is 0 Å². The van der Waals surface area contributed by atoms with Gasteiger partial charge < -0.3 is 5.32 Å². The molecule has 0 aliphatic carbocycles. The van der Waals surface area contributed by atoms with Crippen molar-refractivity contribution in [3.8, 4) is 0 Å². The number of nitrogens with one attached hydrogen (secondary N) is 1. The number of halogens is 1. The molecular weight excluding hydrogens is 229 g/mol. The molecule has 0 aliphatic rings. The van der Waals surface area contributed by atoms with Gasteiger partial charge >= 0.3 is 0 Å². The molecule has 0 saturated carbocycles. The van der Waals surface area contributed by atoms with Crippen LogP contribution in [0.5, 0.6) is 0 Å². The summed E-state index contributed by atoms with van der Waals surface area (Å²) in [5.74, 6) is 0.480. The molecular formula is C14H16FN3. The van der Waals surface area contributed by atoms with Gasteiger partial charge in [-0.3, -0.25) is 4.98 Å². The highest BCUT2D eigenvalue weighted by Crippen LogP contribution is 2.12. The van der Waals surface area contributed by atoms with Crippen molar-refractivity contribution in [3.63, 3.8) is 0 Å². The second-order valence-electron chi connectivity index (χ2n) is 4.16. The molecule has 2 heterocycles. The van der Waals surface area contributed by atoms with Gasteiger partial charge in [0.25, 0.3) is 0 Å². The van der Waals surface area contributed by atoms with Crippen LogP contribution < -0.4 is 5.32 Å². The maximum Gasteiger partial charge on any atom is 0.141 e. The summed E-state index contributed by atoms with van der Waals surface area (Å²) in [7, 11) is 0. The first kappa shape index (κ1) is 12.5. The Hall–Kier alpha value is -1.97. The number of hydrogen-bond donors (Lipinski definition) is 1. The molecule has 94 valence electrons. The van der Waals surface area contributed by atoms with E-state index >= 15 is 0 Å². The number of hydrogen-bond acceptors (Lipinski definition) is 3. The molecule has 0 unspecified atom stereocenters. The SMILES string of the molecule is CCc1ccc(NCc2cncc(F)c2)nc1C. The Morgan fingerprint density at radius 3 is 2.78 bits per heavy atom. The van der Waals surface area contributed by atoms with Gasteiger partial charge in [0.15, 0.2) is 0 Å². The average molecular weight is 245 g/mol. The molecule has 0 radical (unpaired) electrons. The lowest BCUT2D eigenvalue weighted by Gasteiger charge is -2.08. The van der Waals surface area contributed by atoms with Crippen LogP contribution >= 0.6 is 0 Å². The summed E-state index contributed by atoms with van der Waals surface area (Å²) in [6.45, 7) is 4.62. The molecule has 1 N–H and O–H groups in total. The Kier molecular flexibility index (Phi) is 3.87. The fraction of sp³-hybridized carbons (Fsp3) is 0.286. The third-order valence-electron chi connectivity index (χ3n) is 2.81. The molecule has 2 aromatic rings.